The van der Waals surface area contributed by atoms with E-state index in [4.69, 9.17) is 4.55 Å². The van der Waals surface area contributed by atoms with E-state index >= 15 is 0 Å². The van der Waals surface area contributed by atoms with Crippen LogP contribution >= 0.6 is 0 Å². The van der Waals surface area contributed by atoms with Crippen LogP contribution in [0.3, 0.4) is 0 Å². The van der Waals surface area contributed by atoms with Crippen LogP contribution in [0.4, 0.5) is 10.1 Å². The van der Waals surface area contributed by atoms with Crippen LogP contribution in [0.2, 0.25) is 0 Å². The summed E-state index contributed by atoms with van der Waals surface area (Å²) in [4.78, 5) is 26.1. The molecule has 0 radical (unpaired) electrons. The summed E-state index contributed by atoms with van der Waals surface area (Å²) in [5, 5.41) is 12.9. The fourth-order valence-corrected chi connectivity index (χ4v) is 4.12. The van der Waals surface area contributed by atoms with Gasteiger partial charge in [-0.05, 0) is 39.3 Å². The Labute approximate surface area is 179 Å². The number of carbonyl (C=O) groups is 1. The second-order valence-electron chi connectivity index (χ2n) is 8.92. The zero-order chi connectivity index (χ0) is 23.3. The summed E-state index contributed by atoms with van der Waals surface area (Å²) < 4.78 is 42.5. The van der Waals surface area contributed by atoms with Gasteiger partial charge in [0.15, 0.2) is 0 Å². The maximum Gasteiger partial charge on any atom is 0.341 e. The molecular formula is C20H26FN3O6S. The molecule has 9 nitrogen and oxygen atoms in total. The molecule has 11 heteroatoms. The lowest BCUT2D eigenvalue weighted by atomic mass is 10.0. The fourth-order valence-electron chi connectivity index (χ4n) is 4.12. The van der Waals surface area contributed by atoms with Crippen molar-refractivity contribution in [1.82, 2.24) is 9.88 Å². The van der Waals surface area contributed by atoms with Gasteiger partial charge >= 0.3 is 5.97 Å². The van der Waals surface area contributed by atoms with Gasteiger partial charge in [0.05, 0.1) is 17.5 Å². The second kappa shape index (κ2) is 7.88. The first-order valence-corrected chi connectivity index (χ1v) is 11.6. The van der Waals surface area contributed by atoms with Crippen molar-refractivity contribution in [2.45, 2.75) is 44.8 Å². The first kappa shape index (κ1) is 23.2. The molecule has 2 saturated heterocycles. The van der Waals surface area contributed by atoms with Crippen LogP contribution in [0, 0.1) is 5.82 Å². The Morgan fingerprint density at radius 1 is 1.29 bits per heavy atom. The Morgan fingerprint density at radius 3 is 2.35 bits per heavy atom. The lowest BCUT2D eigenvalue weighted by Gasteiger charge is -2.31. The highest BCUT2D eigenvalue weighted by atomic mass is 32.2. The molecule has 31 heavy (non-hydrogen) atoms. The third-order valence-electron chi connectivity index (χ3n) is 5.39. The number of nitrogens with one attached hydrogen (secondary N) is 1. The number of aromatic carboxylic acids is 1. The SMILES string of the molecule is CC(C)(C)n1cc(C(=O)O)c(=O)c2cc(F)c(N3CC4CC3CN4)cc21.CS(=O)(=O)O. The number of halogens is 1. The van der Waals surface area contributed by atoms with Crippen LogP contribution in [-0.4, -0.2) is 60.0 Å². The Hall–Kier alpha value is -2.50. The normalized spacial score (nSPS) is 20.6. The highest BCUT2D eigenvalue weighted by Gasteiger charge is 2.39. The molecule has 2 unspecified atom stereocenters. The summed E-state index contributed by atoms with van der Waals surface area (Å²) >= 11 is 0. The number of carboxylic acids is 1. The van der Waals surface area contributed by atoms with Crippen molar-refractivity contribution < 1.29 is 27.3 Å². The van der Waals surface area contributed by atoms with Crippen LogP contribution in [0.5, 0.6) is 0 Å². The van der Waals surface area contributed by atoms with Crippen LogP contribution in [0.25, 0.3) is 10.9 Å². The van der Waals surface area contributed by atoms with E-state index in [1.54, 1.807) is 10.6 Å². The number of nitrogens with zero attached hydrogens (tertiary/aromatic N) is 2. The minimum Gasteiger partial charge on any atom is -0.477 e. The zero-order valence-electron chi connectivity index (χ0n) is 17.7. The summed E-state index contributed by atoms with van der Waals surface area (Å²) in [6, 6.07) is 3.51. The van der Waals surface area contributed by atoms with E-state index in [0.717, 1.165) is 19.5 Å². The zero-order valence-corrected chi connectivity index (χ0v) is 18.5. The molecule has 0 amide bonds. The number of pyridine rings is 1. The van der Waals surface area contributed by atoms with Crippen molar-refractivity contribution in [2.24, 2.45) is 0 Å². The van der Waals surface area contributed by atoms with Crippen molar-refractivity contribution >= 4 is 32.7 Å². The van der Waals surface area contributed by atoms with Crippen molar-refractivity contribution in [1.29, 1.82) is 0 Å². The largest absolute Gasteiger partial charge is 0.477 e. The average molecular weight is 456 g/mol. The Balaban J connectivity index is 0.000000491. The second-order valence-corrected chi connectivity index (χ2v) is 10.4. The van der Waals surface area contributed by atoms with Crippen LogP contribution in [-0.2, 0) is 15.7 Å². The molecule has 1 aromatic heterocycles. The summed E-state index contributed by atoms with van der Waals surface area (Å²) in [6.07, 6.45) is 3.07. The topological polar surface area (TPSA) is 129 Å². The molecule has 2 aliphatic rings. The molecule has 0 saturated carbocycles. The molecule has 2 fully saturated rings. The minimum atomic E-state index is -3.67. The van der Waals surface area contributed by atoms with Crippen molar-refractivity contribution in [3.8, 4) is 0 Å². The Kier molecular flexibility index (Phi) is 5.89. The number of rotatable bonds is 2. The van der Waals surface area contributed by atoms with E-state index in [-0.39, 0.29) is 17.0 Å². The highest BCUT2D eigenvalue weighted by molar-refractivity contribution is 7.85. The van der Waals surface area contributed by atoms with Gasteiger partial charge < -0.3 is 19.9 Å². The molecule has 0 aliphatic carbocycles. The third-order valence-corrected chi connectivity index (χ3v) is 5.39. The molecule has 1 aromatic carbocycles. The van der Waals surface area contributed by atoms with Crippen molar-refractivity contribution in [3.63, 3.8) is 0 Å². The average Bonchev–Trinajstić information content (AvgIpc) is 3.22. The molecule has 2 bridgehead atoms. The summed E-state index contributed by atoms with van der Waals surface area (Å²) in [5.74, 6) is -1.78. The van der Waals surface area contributed by atoms with Crippen LogP contribution in [0.1, 0.15) is 37.6 Å². The predicted octanol–water partition coefficient (Wildman–Crippen LogP) is 1.65. The van der Waals surface area contributed by atoms with Gasteiger partial charge in [0.25, 0.3) is 10.1 Å². The van der Waals surface area contributed by atoms with E-state index in [2.05, 4.69) is 10.2 Å². The van der Waals surface area contributed by atoms with E-state index < -0.39 is 32.9 Å². The van der Waals surface area contributed by atoms with Gasteiger partial charge in [-0.15, -0.1) is 0 Å². The van der Waals surface area contributed by atoms with E-state index in [0.29, 0.717) is 23.5 Å². The van der Waals surface area contributed by atoms with E-state index in [1.807, 2.05) is 20.8 Å². The van der Waals surface area contributed by atoms with E-state index in [9.17, 15) is 27.5 Å². The number of aromatic nitrogens is 1. The van der Waals surface area contributed by atoms with Crippen LogP contribution in [0.15, 0.2) is 23.1 Å². The predicted molar refractivity (Wildman–Crippen MR) is 115 cm³/mol. The van der Waals surface area contributed by atoms with E-state index in [1.165, 1.54) is 12.3 Å². The number of hydrogen-bond donors (Lipinski definition) is 3. The monoisotopic (exact) mass is 455 g/mol. The Morgan fingerprint density at radius 2 is 1.90 bits per heavy atom. The number of anilines is 1. The maximum absolute atomic E-state index is 14.9. The van der Waals surface area contributed by atoms with Gasteiger partial charge in [0.2, 0.25) is 5.43 Å². The lowest BCUT2D eigenvalue weighted by Crippen LogP contribution is -2.44. The van der Waals surface area contributed by atoms with Gasteiger partial charge in [-0.1, -0.05) is 0 Å². The quantitative estimate of drug-likeness (QED) is 0.583. The van der Waals surface area contributed by atoms with Gasteiger partial charge in [0.1, 0.15) is 11.4 Å². The highest BCUT2D eigenvalue weighted by Crippen LogP contribution is 2.34. The minimum absolute atomic E-state index is 0.101. The number of benzene rings is 1. The number of carboxylic acid groups (broad SMARTS) is 1. The fraction of sp³-hybridized carbons (Fsp3) is 0.500. The molecule has 2 aliphatic heterocycles. The molecule has 170 valence electrons. The first-order chi connectivity index (χ1) is 14.2. The van der Waals surface area contributed by atoms with Crippen molar-refractivity contribution in [3.05, 3.63) is 39.9 Å². The smallest absolute Gasteiger partial charge is 0.341 e. The van der Waals surface area contributed by atoms with Gasteiger partial charge in [-0.25, -0.2) is 9.18 Å². The van der Waals surface area contributed by atoms with Crippen molar-refractivity contribution in [2.75, 3.05) is 24.2 Å². The van der Waals surface area contributed by atoms with Gasteiger partial charge in [-0.2, -0.15) is 8.42 Å². The molecule has 0 spiro atoms. The number of piperazine rings is 1. The summed E-state index contributed by atoms with van der Waals surface area (Å²) in [5.41, 5.74) is -0.421. The molecule has 4 rings (SSSR count). The van der Waals surface area contributed by atoms with Gasteiger partial charge in [-0.3, -0.25) is 9.35 Å². The first-order valence-electron chi connectivity index (χ1n) is 9.72. The molecule has 3 N–H and O–H groups in total. The summed E-state index contributed by atoms with van der Waals surface area (Å²) in [6.45, 7) is 7.33. The van der Waals surface area contributed by atoms with Gasteiger partial charge in [0, 0.05) is 42.3 Å². The third kappa shape index (κ3) is 4.89. The van der Waals surface area contributed by atoms with Crippen LogP contribution < -0.4 is 15.6 Å². The maximum atomic E-state index is 14.9. The number of fused-ring (bicyclic) bond motifs is 3. The molecule has 2 aromatic rings. The summed E-state index contributed by atoms with van der Waals surface area (Å²) in [7, 11) is -3.67. The number of hydrogen-bond acceptors (Lipinski definition) is 6. The molecule has 3 heterocycles. The standard InChI is InChI=1S/C19H22FN3O3.CH4O3S/c1-19(2,3)23-9-13(18(25)26)17(24)12-5-14(20)16(6-15(12)23)22-8-10-4-11(22)7-21-10;1-5(2,3)4/h5-6,9-11,21H,4,7-8H2,1-3H3,(H,25,26);1H3,(H,2,3,4). The Bertz CT molecular complexity index is 1190. The molecular weight excluding hydrogens is 429 g/mol. The lowest BCUT2D eigenvalue weighted by molar-refractivity contribution is 0.0694. The molecule has 2 atom stereocenters.